The quantitative estimate of drug-likeness (QED) is 0.832. The largest absolute Gasteiger partial charge is 0.377 e. The van der Waals surface area contributed by atoms with Crippen molar-refractivity contribution in [2.45, 2.75) is 4.90 Å². The predicted molar refractivity (Wildman–Crippen MR) is 64.6 cm³/mol. The third-order valence-electron chi connectivity index (χ3n) is 1.75. The van der Waals surface area contributed by atoms with Gasteiger partial charge in [0.25, 0.3) is 0 Å². The van der Waals surface area contributed by atoms with Crippen LogP contribution in [0, 0.1) is 0 Å². The zero-order valence-electron chi connectivity index (χ0n) is 8.54. The van der Waals surface area contributed by atoms with Crippen LogP contribution >= 0.6 is 23.2 Å². The standard InChI is InChI=1S/C10H10Cl2O3S/c1-15-5-7(13)6-16(14)8-2-3-9(11)10(12)4-8/h2-4H,5-6H2,1H3. The fourth-order valence-corrected chi connectivity index (χ4v) is 2.43. The first kappa shape index (κ1) is 13.6. The lowest BCUT2D eigenvalue weighted by Crippen LogP contribution is -2.15. The van der Waals surface area contributed by atoms with Crippen molar-refractivity contribution in [2.75, 3.05) is 19.5 Å². The molecule has 1 rings (SSSR count). The van der Waals surface area contributed by atoms with E-state index in [0.717, 1.165) is 0 Å². The molecular formula is C10H10Cl2O3S. The number of methoxy groups -OCH3 is 1. The van der Waals surface area contributed by atoms with Gasteiger partial charge in [0.05, 0.1) is 26.6 Å². The molecule has 0 radical (unpaired) electrons. The zero-order chi connectivity index (χ0) is 12.1. The van der Waals surface area contributed by atoms with E-state index in [1.165, 1.54) is 13.2 Å². The van der Waals surface area contributed by atoms with E-state index in [2.05, 4.69) is 4.74 Å². The SMILES string of the molecule is COCC(=O)CS(=O)c1ccc(Cl)c(Cl)c1. The summed E-state index contributed by atoms with van der Waals surface area (Å²) >= 11 is 11.5. The second-order valence-electron chi connectivity index (χ2n) is 3.04. The highest BCUT2D eigenvalue weighted by atomic mass is 35.5. The maximum absolute atomic E-state index is 11.7. The molecule has 0 aliphatic rings. The molecule has 0 saturated heterocycles. The normalized spacial score (nSPS) is 12.4. The Hall–Kier alpha value is -0.420. The Morgan fingerprint density at radius 2 is 2.06 bits per heavy atom. The van der Waals surface area contributed by atoms with Crippen LogP contribution in [0.3, 0.4) is 0 Å². The van der Waals surface area contributed by atoms with Crippen molar-refractivity contribution >= 4 is 39.8 Å². The number of halogens is 2. The van der Waals surface area contributed by atoms with Crippen molar-refractivity contribution in [1.29, 1.82) is 0 Å². The Balaban J connectivity index is 2.73. The van der Waals surface area contributed by atoms with E-state index >= 15 is 0 Å². The molecule has 0 aromatic heterocycles. The molecule has 0 saturated carbocycles. The van der Waals surface area contributed by atoms with Gasteiger partial charge in [-0.2, -0.15) is 0 Å². The van der Waals surface area contributed by atoms with Gasteiger partial charge in [-0.3, -0.25) is 9.00 Å². The topological polar surface area (TPSA) is 43.4 Å². The molecule has 1 aromatic rings. The average Bonchev–Trinajstić information content (AvgIpc) is 2.22. The fourth-order valence-electron chi connectivity index (χ4n) is 1.05. The van der Waals surface area contributed by atoms with Gasteiger partial charge in [-0.25, -0.2) is 0 Å². The Morgan fingerprint density at radius 1 is 1.38 bits per heavy atom. The van der Waals surface area contributed by atoms with Crippen LogP contribution in [0.4, 0.5) is 0 Å². The van der Waals surface area contributed by atoms with Crippen LogP contribution in [0.5, 0.6) is 0 Å². The van der Waals surface area contributed by atoms with Crippen molar-refractivity contribution in [3.63, 3.8) is 0 Å². The van der Waals surface area contributed by atoms with Gasteiger partial charge in [0, 0.05) is 12.0 Å². The van der Waals surface area contributed by atoms with E-state index < -0.39 is 10.8 Å². The summed E-state index contributed by atoms with van der Waals surface area (Å²) in [6.45, 7) is -0.0347. The number of ether oxygens (including phenoxy) is 1. The van der Waals surface area contributed by atoms with Crippen LogP contribution in [0.15, 0.2) is 23.1 Å². The van der Waals surface area contributed by atoms with Crippen molar-refractivity contribution in [2.24, 2.45) is 0 Å². The first-order chi connectivity index (χ1) is 7.54. The highest BCUT2D eigenvalue weighted by Crippen LogP contribution is 2.24. The molecule has 0 heterocycles. The molecule has 0 N–H and O–H groups in total. The van der Waals surface area contributed by atoms with Crippen molar-refractivity contribution in [3.8, 4) is 0 Å². The summed E-state index contributed by atoms with van der Waals surface area (Å²) < 4.78 is 16.4. The predicted octanol–water partition coefficient (Wildman–Crippen LogP) is 2.32. The van der Waals surface area contributed by atoms with Gasteiger partial charge in [0.2, 0.25) is 0 Å². The summed E-state index contributed by atoms with van der Waals surface area (Å²) in [5.74, 6) is -0.293. The molecule has 88 valence electrons. The first-order valence-corrected chi connectivity index (χ1v) is 6.46. The van der Waals surface area contributed by atoms with E-state index in [1.54, 1.807) is 12.1 Å². The summed E-state index contributed by atoms with van der Waals surface area (Å²) in [5, 5.41) is 0.720. The maximum Gasteiger partial charge on any atom is 0.171 e. The minimum Gasteiger partial charge on any atom is -0.377 e. The summed E-state index contributed by atoms with van der Waals surface area (Å²) in [5.41, 5.74) is 0. The van der Waals surface area contributed by atoms with Gasteiger partial charge in [-0.15, -0.1) is 0 Å². The molecule has 0 fully saturated rings. The van der Waals surface area contributed by atoms with E-state index in [4.69, 9.17) is 23.2 Å². The Bertz CT molecular complexity index is 421. The highest BCUT2D eigenvalue weighted by molar-refractivity contribution is 7.85. The van der Waals surface area contributed by atoms with E-state index in [0.29, 0.717) is 14.9 Å². The lowest BCUT2D eigenvalue weighted by molar-refractivity contribution is -0.120. The average molecular weight is 281 g/mol. The lowest BCUT2D eigenvalue weighted by Gasteiger charge is -2.03. The van der Waals surface area contributed by atoms with Crippen LogP contribution in [0.25, 0.3) is 0 Å². The maximum atomic E-state index is 11.7. The second kappa shape index (κ2) is 6.35. The number of benzene rings is 1. The van der Waals surface area contributed by atoms with Crippen molar-refractivity contribution < 1.29 is 13.7 Å². The molecule has 0 spiro atoms. The van der Waals surface area contributed by atoms with Gasteiger partial charge in [-0.1, -0.05) is 23.2 Å². The van der Waals surface area contributed by atoms with Crippen LogP contribution in [0.1, 0.15) is 0 Å². The van der Waals surface area contributed by atoms with Crippen LogP contribution in [-0.2, 0) is 20.3 Å². The number of carbonyl (C=O) groups is 1. The van der Waals surface area contributed by atoms with Gasteiger partial charge in [0.15, 0.2) is 5.78 Å². The monoisotopic (exact) mass is 280 g/mol. The van der Waals surface area contributed by atoms with E-state index in [-0.39, 0.29) is 18.1 Å². The van der Waals surface area contributed by atoms with E-state index in [1.807, 2.05) is 0 Å². The fraction of sp³-hybridized carbons (Fsp3) is 0.300. The number of hydrogen-bond acceptors (Lipinski definition) is 3. The number of carbonyl (C=O) groups excluding carboxylic acids is 1. The van der Waals surface area contributed by atoms with Gasteiger partial charge >= 0.3 is 0 Å². The second-order valence-corrected chi connectivity index (χ2v) is 5.30. The number of ketones is 1. The van der Waals surface area contributed by atoms with Gasteiger partial charge in [-0.05, 0) is 18.2 Å². The first-order valence-electron chi connectivity index (χ1n) is 4.38. The van der Waals surface area contributed by atoms with Crippen molar-refractivity contribution in [3.05, 3.63) is 28.2 Å². The third kappa shape index (κ3) is 3.87. The molecule has 16 heavy (non-hydrogen) atoms. The van der Waals surface area contributed by atoms with E-state index in [9.17, 15) is 9.00 Å². The van der Waals surface area contributed by atoms with Gasteiger partial charge in [0.1, 0.15) is 6.61 Å². The molecule has 0 aliphatic carbocycles. The zero-order valence-corrected chi connectivity index (χ0v) is 10.9. The lowest BCUT2D eigenvalue weighted by atomic mass is 10.4. The van der Waals surface area contributed by atoms with Gasteiger partial charge < -0.3 is 4.74 Å². The Kier molecular flexibility index (Phi) is 5.41. The summed E-state index contributed by atoms with van der Waals surface area (Å²) in [6, 6.07) is 4.64. The Labute approximate surface area is 106 Å². The molecule has 6 heteroatoms. The highest BCUT2D eigenvalue weighted by Gasteiger charge is 2.11. The summed E-state index contributed by atoms with van der Waals surface area (Å²) in [7, 11) is 0.0105. The summed E-state index contributed by atoms with van der Waals surface area (Å²) in [6.07, 6.45) is 0. The smallest absolute Gasteiger partial charge is 0.171 e. The molecule has 0 aliphatic heterocycles. The summed E-state index contributed by atoms with van der Waals surface area (Å²) in [4.78, 5) is 11.7. The molecule has 0 bridgehead atoms. The molecule has 3 nitrogen and oxygen atoms in total. The molecule has 1 atom stereocenters. The molecule has 1 unspecified atom stereocenters. The van der Waals surface area contributed by atoms with Crippen LogP contribution in [0.2, 0.25) is 10.0 Å². The van der Waals surface area contributed by atoms with Crippen LogP contribution in [-0.4, -0.2) is 29.5 Å². The number of hydrogen-bond donors (Lipinski definition) is 0. The van der Waals surface area contributed by atoms with Crippen LogP contribution < -0.4 is 0 Å². The minimum atomic E-state index is -1.41. The Morgan fingerprint density at radius 3 is 2.62 bits per heavy atom. The molecule has 1 aromatic carbocycles. The molecule has 0 amide bonds. The minimum absolute atomic E-state index is 0.0347. The molecular weight excluding hydrogens is 271 g/mol. The van der Waals surface area contributed by atoms with Crippen molar-refractivity contribution in [1.82, 2.24) is 0 Å². The number of Topliss-reactive ketones (excluding diaryl/α,β-unsaturated/α-hetero) is 1. The number of rotatable bonds is 5. The third-order valence-corrected chi connectivity index (χ3v) is 3.85.